The lowest BCUT2D eigenvalue weighted by Gasteiger charge is -2.27. The molecule has 3 N–H and O–H groups in total. The summed E-state index contributed by atoms with van der Waals surface area (Å²) in [4.78, 5) is 12.0. The molecule has 0 bridgehead atoms. The minimum absolute atomic E-state index is 0.129. The molecular weight excluding hydrogens is 208 g/mol. The zero-order valence-corrected chi connectivity index (χ0v) is 10.3. The van der Waals surface area contributed by atoms with Crippen molar-refractivity contribution in [1.29, 1.82) is 0 Å². The van der Waals surface area contributed by atoms with Crippen LogP contribution in [0.2, 0.25) is 0 Å². The van der Waals surface area contributed by atoms with Crippen molar-refractivity contribution in [3.05, 3.63) is 0 Å². The Kier molecular flexibility index (Phi) is 4.08. The molecular formula is C11H20N2OS. The minimum atomic E-state index is -0.287. The summed E-state index contributed by atoms with van der Waals surface area (Å²) in [5.74, 6) is 0.738. The van der Waals surface area contributed by atoms with Crippen LogP contribution in [0.1, 0.15) is 39.5 Å². The molecule has 0 aliphatic heterocycles. The fourth-order valence-corrected chi connectivity index (χ4v) is 1.51. The zero-order valence-electron chi connectivity index (χ0n) is 9.51. The van der Waals surface area contributed by atoms with Crippen LogP contribution in [-0.2, 0) is 4.79 Å². The first-order chi connectivity index (χ1) is 6.92. The van der Waals surface area contributed by atoms with E-state index in [9.17, 15) is 4.79 Å². The molecule has 0 radical (unpaired) electrons. The summed E-state index contributed by atoms with van der Waals surface area (Å²) >= 11 is 4.93. The summed E-state index contributed by atoms with van der Waals surface area (Å²) in [7, 11) is 0. The Bertz CT molecular complexity index is 259. The summed E-state index contributed by atoms with van der Waals surface area (Å²) in [5.41, 5.74) is 5.29. The second-order valence-electron chi connectivity index (χ2n) is 5.03. The van der Waals surface area contributed by atoms with Crippen molar-refractivity contribution in [2.75, 3.05) is 6.54 Å². The first kappa shape index (κ1) is 12.4. The van der Waals surface area contributed by atoms with Crippen LogP contribution in [0.4, 0.5) is 0 Å². The van der Waals surface area contributed by atoms with Gasteiger partial charge in [0.2, 0.25) is 5.91 Å². The van der Waals surface area contributed by atoms with Crippen molar-refractivity contribution in [2.24, 2.45) is 17.1 Å². The van der Waals surface area contributed by atoms with Gasteiger partial charge in [-0.3, -0.25) is 4.79 Å². The molecule has 1 aliphatic carbocycles. The van der Waals surface area contributed by atoms with Gasteiger partial charge in [-0.25, -0.2) is 0 Å². The Morgan fingerprint density at radius 2 is 2.13 bits per heavy atom. The molecule has 0 atom stereocenters. The van der Waals surface area contributed by atoms with Gasteiger partial charge >= 0.3 is 0 Å². The molecule has 0 saturated heterocycles. The fourth-order valence-electron chi connectivity index (χ4n) is 1.44. The Balaban J connectivity index is 2.23. The number of carbonyl (C=O) groups excluding carboxylic acids is 1. The summed E-state index contributed by atoms with van der Waals surface area (Å²) in [5, 5.41) is 2.90. The van der Waals surface area contributed by atoms with Crippen LogP contribution < -0.4 is 11.1 Å². The van der Waals surface area contributed by atoms with Gasteiger partial charge in [0.15, 0.2) is 0 Å². The molecule has 0 aromatic carbocycles. The third-order valence-corrected chi connectivity index (χ3v) is 3.65. The van der Waals surface area contributed by atoms with Crippen LogP contribution in [0.3, 0.4) is 0 Å². The molecule has 0 aromatic rings. The molecule has 0 heterocycles. The van der Waals surface area contributed by atoms with Crippen LogP contribution in [0, 0.1) is 11.3 Å². The van der Waals surface area contributed by atoms with E-state index in [4.69, 9.17) is 18.0 Å². The summed E-state index contributed by atoms with van der Waals surface area (Å²) < 4.78 is 0. The van der Waals surface area contributed by atoms with Gasteiger partial charge < -0.3 is 11.1 Å². The average molecular weight is 228 g/mol. The van der Waals surface area contributed by atoms with E-state index in [2.05, 4.69) is 5.32 Å². The molecule has 1 aliphatic rings. The van der Waals surface area contributed by atoms with Gasteiger partial charge in [-0.2, -0.15) is 0 Å². The topological polar surface area (TPSA) is 55.1 Å². The van der Waals surface area contributed by atoms with E-state index >= 15 is 0 Å². The third-order valence-electron chi connectivity index (χ3n) is 3.09. The van der Waals surface area contributed by atoms with Crippen molar-refractivity contribution in [1.82, 2.24) is 5.32 Å². The van der Waals surface area contributed by atoms with Crippen molar-refractivity contribution in [3.63, 3.8) is 0 Å². The molecule has 3 nitrogen and oxygen atoms in total. The predicted molar refractivity (Wildman–Crippen MR) is 65.5 cm³/mol. The largest absolute Gasteiger partial charge is 0.393 e. The molecule has 0 unspecified atom stereocenters. The van der Waals surface area contributed by atoms with E-state index in [1.807, 2.05) is 13.8 Å². The van der Waals surface area contributed by atoms with Crippen LogP contribution in [0.5, 0.6) is 0 Å². The van der Waals surface area contributed by atoms with Gasteiger partial charge in [-0.05, 0) is 18.8 Å². The van der Waals surface area contributed by atoms with Crippen LogP contribution in [0.25, 0.3) is 0 Å². The molecule has 1 rings (SSSR count). The van der Waals surface area contributed by atoms with Gasteiger partial charge in [-0.1, -0.05) is 32.5 Å². The number of hydrogen-bond donors (Lipinski definition) is 2. The SMILES string of the molecule is CC(C)(CNC(=O)CC1CCC1)C(N)=S. The number of nitrogens with two attached hydrogens (primary N) is 1. The normalized spacial score (nSPS) is 16.9. The third kappa shape index (κ3) is 3.78. The number of hydrogen-bond acceptors (Lipinski definition) is 2. The Hall–Kier alpha value is -0.640. The lowest BCUT2D eigenvalue weighted by Crippen LogP contribution is -2.42. The zero-order chi connectivity index (χ0) is 11.5. The van der Waals surface area contributed by atoms with Gasteiger partial charge in [0.1, 0.15) is 0 Å². The van der Waals surface area contributed by atoms with Crippen molar-refractivity contribution in [3.8, 4) is 0 Å². The van der Waals surface area contributed by atoms with E-state index in [0.717, 1.165) is 0 Å². The number of thiocarbonyl (C=S) groups is 1. The number of amides is 1. The Morgan fingerprint density at radius 1 is 1.53 bits per heavy atom. The van der Waals surface area contributed by atoms with Crippen LogP contribution in [0.15, 0.2) is 0 Å². The van der Waals surface area contributed by atoms with E-state index in [1.165, 1.54) is 19.3 Å². The second-order valence-corrected chi connectivity index (χ2v) is 5.47. The highest BCUT2D eigenvalue weighted by Gasteiger charge is 2.24. The molecule has 86 valence electrons. The van der Waals surface area contributed by atoms with Crippen molar-refractivity contribution < 1.29 is 4.79 Å². The maximum Gasteiger partial charge on any atom is 0.220 e. The number of carbonyl (C=O) groups is 1. The predicted octanol–water partition coefficient (Wildman–Crippen LogP) is 1.61. The van der Waals surface area contributed by atoms with Crippen LogP contribution >= 0.6 is 12.2 Å². The maximum absolute atomic E-state index is 11.5. The molecule has 1 amide bonds. The van der Waals surface area contributed by atoms with Crippen molar-refractivity contribution >= 4 is 23.1 Å². The van der Waals surface area contributed by atoms with E-state index in [-0.39, 0.29) is 11.3 Å². The van der Waals surface area contributed by atoms with E-state index < -0.39 is 0 Å². The highest BCUT2D eigenvalue weighted by atomic mass is 32.1. The highest BCUT2D eigenvalue weighted by Crippen LogP contribution is 2.29. The molecule has 0 aromatic heterocycles. The molecule has 1 saturated carbocycles. The van der Waals surface area contributed by atoms with Crippen molar-refractivity contribution in [2.45, 2.75) is 39.5 Å². The molecule has 1 fully saturated rings. The highest BCUT2D eigenvalue weighted by molar-refractivity contribution is 7.80. The fraction of sp³-hybridized carbons (Fsp3) is 0.818. The first-order valence-electron chi connectivity index (χ1n) is 5.48. The molecule has 0 spiro atoms. The van der Waals surface area contributed by atoms with Gasteiger partial charge in [0.05, 0.1) is 4.99 Å². The van der Waals surface area contributed by atoms with Gasteiger partial charge in [-0.15, -0.1) is 0 Å². The lowest BCUT2D eigenvalue weighted by molar-refractivity contribution is -0.122. The Morgan fingerprint density at radius 3 is 2.53 bits per heavy atom. The maximum atomic E-state index is 11.5. The Labute approximate surface area is 96.8 Å². The molecule has 15 heavy (non-hydrogen) atoms. The average Bonchev–Trinajstić information content (AvgIpc) is 2.08. The number of nitrogens with one attached hydrogen (secondary N) is 1. The van der Waals surface area contributed by atoms with E-state index in [1.54, 1.807) is 0 Å². The minimum Gasteiger partial charge on any atom is -0.393 e. The smallest absolute Gasteiger partial charge is 0.220 e. The monoisotopic (exact) mass is 228 g/mol. The number of rotatable bonds is 5. The lowest BCUT2D eigenvalue weighted by atomic mass is 9.83. The summed E-state index contributed by atoms with van der Waals surface area (Å²) in [6.45, 7) is 4.42. The first-order valence-corrected chi connectivity index (χ1v) is 5.89. The van der Waals surface area contributed by atoms with Gasteiger partial charge in [0, 0.05) is 18.4 Å². The summed E-state index contributed by atoms with van der Waals surface area (Å²) in [6.07, 6.45) is 4.34. The van der Waals surface area contributed by atoms with Gasteiger partial charge in [0.25, 0.3) is 0 Å². The molecule has 4 heteroatoms. The standard InChI is InChI=1S/C11H20N2OS/c1-11(2,10(12)15)7-13-9(14)6-8-4-3-5-8/h8H,3-7H2,1-2H3,(H2,12,15)(H,13,14). The second kappa shape index (κ2) is 4.92. The van der Waals surface area contributed by atoms with E-state index in [0.29, 0.717) is 23.9 Å². The quantitative estimate of drug-likeness (QED) is 0.703. The summed E-state index contributed by atoms with van der Waals surface area (Å²) in [6, 6.07) is 0. The van der Waals surface area contributed by atoms with Crippen LogP contribution in [-0.4, -0.2) is 17.4 Å².